The van der Waals surface area contributed by atoms with Gasteiger partial charge in [0.2, 0.25) is 5.54 Å². The number of ether oxygens (including phenoxy) is 2. The Morgan fingerprint density at radius 2 is 1.76 bits per heavy atom. The van der Waals surface area contributed by atoms with E-state index in [1.165, 1.54) is 5.32 Å². The van der Waals surface area contributed by atoms with Crippen LogP contribution in [0.1, 0.15) is 12.5 Å². The van der Waals surface area contributed by atoms with E-state index >= 15 is 0 Å². The zero-order valence-corrected chi connectivity index (χ0v) is 11.4. The monoisotopic (exact) mass is 305 g/mol. The third-order valence-electron chi connectivity index (χ3n) is 2.73. The maximum atomic E-state index is 12.9. The van der Waals surface area contributed by atoms with Gasteiger partial charge in [0.05, 0.1) is 7.11 Å². The molecule has 0 spiro atoms. The molecule has 0 aromatic heterocycles. The minimum atomic E-state index is -5.02. The fourth-order valence-electron chi connectivity index (χ4n) is 1.41. The van der Waals surface area contributed by atoms with Crippen molar-refractivity contribution in [1.29, 1.82) is 0 Å². The highest BCUT2D eigenvalue weighted by Gasteiger charge is 2.59. The van der Waals surface area contributed by atoms with Crippen molar-refractivity contribution in [2.24, 2.45) is 0 Å². The number of hydrogen-bond donors (Lipinski definition) is 1. The van der Waals surface area contributed by atoms with E-state index in [1.807, 2.05) is 0 Å². The largest absolute Gasteiger partial charge is 0.467 e. The number of carbonyl (C=O) groups is 2. The van der Waals surface area contributed by atoms with E-state index in [1.54, 1.807) is 30.3 Å². The summed E-state index contributed by atoms with van der Waals surface area (Å²) in [5.74, 6) is -1.63. The maximum Gasteiger partial charge on any atom is 0.422 e. The lowest BCUT2D eigenvalue weighted by Crippen LogP contribution is -2.62. The van der Waals surface area contributed by atoms with Gasteiger partial charge in [-0.15, -0.1) is 0 Å². The summed E-state index contributed by atoms with van der Waals surface area (Å²) in [6, 6.07) is 8.38. The second-order valence-corrected chi connectivity index (χ2v) is 4.30. The van der Waals surface area contributed by atoms with Crippen molar-refractivity contribution in [1.82, 2.24) is 5.32 Å². The molecule has 1 N–H and O–H groups in total. The van der Waals surface area contributed by atoms with Crippen LogP contribution in [0.3, 0.4) is 0 Å². The minimum Gasteiger partial charge on any atom is -0.467 e. The summed E-state index contributed by atoms with van der Waals surface area (Å²) in [6.07, 6.45) is -6.39. The Bertz CT molecular complexity index is 504. The van der Waals surface area contributed by atoms with Crippen LogP contribution in [0.4, 0.5) is 18.0 Å². The highest BCUT2D eigenvalue weighted by atomic mass is 19.4. The average Bonchev–Trinajstić information content (AvgIpc) is 2.44. The van der Waals surface area contributed by atoms with Gasteiger partial charge in [0, 0.05) is 0 Å². The van der Waals surface area contributed by atoms with Gasteiger partial charge >= 0.3 is 18.2 Å². The van der Waals surface area contributed by atoms with Gasteiger partial charge in [0.25, 0.3) is 0 Å². The lowest BCUT2D eigenvalue weighted by molar-refractivity contribution is -0.206. The number of alkyl halides is 3. The lowest BCUT2D eigenvalue weighted by atomic mass is 10.0. The smallest absolute Gasteiger partial charge is 0.422 e. The maximum absolute atomic E-state index is 12.9. The van der Waals surface area contributed by atoms with Crippen molar-refractivity contribution in [2.75, 3.05) is 7.11 Å². The number of halogens is 3. The topological polar surface area (TPSA) is 64.6 Å². The van der Waals surface area contributed by atoms with Gasteiger partial charge in [-0.2, -0.15) is 13.2 Å². The zero-order chi connectivity index (χ0) is 16.1. The molecule has 0 aliphatic heterocycles. The van der Waals surface area contributed by atoms with Crippen LogP contribution in [0.5, 0.6) is 0 Å². The molecule has 0 radical (unpaired) electrons. The molecule has 1 atom stereocenters. The van der Waals surface area contributed by atoms with E-state index in [0.717, 1.165) is 7.11 Å². The number of nitrogens with one attached hydrogen (secondary N) is 1. The van der Waals surface area contributed by atoms with E-state index in [9.17, 15) is 22.8 Å². The molecule has 0 fully saturated rings. The van der Waals surface area contributed by atoms with Crippen molar-refractivity contribution >= 4 is 12.1 Å². The summed E-state index contributed by atoms with van der Waals surface area (Å²) in [5, 5.41) is 1.49. The Balaban J connectivity index is 2.72. The zero-order valence-electron chi connectivity index (χ0n) is 11.4. The van der Waals surface area contributed by atoms with E-state index < -0.39 is 23.8 Å². The number of carbonyl (C=O) groups excluding carboxylic acids is 2. The molecule has 21 heavy (non-hydrogen) atoms. The highest BCUT2D eigenvalue weighted by Crippen LogP contribution is 2.31. The van der Waals surface area contributed by atoms with Crippen molar-refractivity contribution in [3.63, 3.8) is 0 Å². The number of methoxy groups -OCH3 is 1. The van der Waals surface area contributed by atoms with E-state index in [2.05, 4.69) is 9.47 Å². The van der Waals surface area contributed by atoms with Gasteiger partial charge in [0.15, 0.2) is 0 Å². The number of esters is 1. The summed E-state index contributed by atoms with van der Waals surface area (Å²) in [6.45, 7) is 0.282. The first-order valence-electron chi connectivity index (χ1n) is 5.84. The number of amides is 1. The lowest BCUT2D eigenvalue weighted by Gasteiger charge is -2.29. The summed E-state index contributed by atoms with van der Waals surface area (Å²) < 4.78 is 47.4. The van der Waals surface area contributed by atoms with Crippen LogP contribution >= 0.6 is 0 Å². The molecule has 0 bridgehead atoms. The Hall–Kier alpha value is -2.25. The molecule has 8 heteroatoms. The molecule has 0 saturated heterocycles. The molecule has 5 nitrogen and oxygen atoms in total. The van der Waals surface area contributed by atoms with Crippen molar-refractivity contribution in [3.8, 4) is 0 Å². The summed E-state index contributed by atoms with van der Waals surface area (Å²) >= 11 is 0. The number of benzene rings is 1. The fraction of sp³-hybridized carbons (Fsp3) is 0.385. The predicted octanol–water partition coefficient (Wildman–Crippen LogP) is 2.41. The molecule has 0 aliphatic rings. The first kappa shape index (κ1) is 16.8. The average molecular weight is 305 g/mol. The van der Waals surface area contributed by atoms with Crippen LogP contribution in [0.15, 0.2) is 30.3 Å². The van der Waals surface area contributed by atoms with Crippen LogP contribution in [-0.2, 0) is 20.9 Å². The molecule has 1 aromatic carbocycles. The van der Waals surface area contributed by atoms with E-state index in [0.29, 0.717) is 12.5 Å². The Kier molecular flexibility index (Phi) is 5.17. The molecule has 116 valence electrons. The third-order valence-corrected chi connectivity index (χ3v) is 2.73. The van der Waals surface area contributed by atoms with Crippen LogP contribution in [-0.4, -0.2) is 30.9 Å². The summed E-state index contributed by atoms with van der Waals surface area (Å²) in [7, 11) is 0.795. The molecule has 1 rings (SSSR count). The first-order valence-corrected chi connectivity index (χ1v) is 5.84. The number of rotatable bonds is 4. The predicted molar refractivity (Wildman–Crippen MR) is 66.2 cm³/mol. The van der Waals surface area contributed by atoms with Gasteiger partial charge in [-0.3, -0.25) is 5.32 Å². The molecule has 1 aromatic rings. The fourth-order valence-corrected chi connectivity index (χ4v) is 1.41. The van der Waals surface area contributed by atoms with Crippen LogP contribution in [0, 0.1) is 0 Å². The second kappa shape index (κ2) is 6.47. The normalized spacial score (nSPS) is 14.0. The molecule has 0 saturated carbocycles. The quantitative estimate of drug-likeness (QED) is 0.868. The molecule has 0 unspecified atom stereocenters. The van der Waals surface area contributed by atoms with Crippen LogP contribution in [0.2, 0.25) is 0 Å². The first-order chi connectivity index (χ1) is 9.70. The molecule has 0 aliphatic carbocycles. The van der Waals surface area contributed by atoms with Gasteiger partial charge < -0.3 is 9.47 Å². The Labute approximate surface area is 119 Å². The van der Waals surface area contributed by atoms with E-state index in [-0.39, 0.29) is 6.61 Å². The van der Waals surface area contributed by atoms with Gasteiger partial charge in [-0.25, -0.2) is 9.59 Å². The molecular formula is C13H14F3NO4. The SMILES string of the molecule is COC(=O)[C@@](C)(NC(=O)OCc1ccccc1)C(F)(F)F. The van der Waals surface area contributed by atoms with Gasteiger partial charge in [-0.1, -0.05) is 30.3 Å². The molecular weight excluding hydrogens is 291 g/mol. The summed E-state index contributed by atoms with van der Waals surface area (Å²) in [4.78, 5) is 22.7. The van der Waals surface area contributed by atoms with Crippen molar-refractivity contribution in [2.45, 2.75) is 25.2 Å². The van der Waals surface area contributed by atoms with Crippen molar-refractivity contribution in [3.05, 3.63) is 35.9 Å². The molecule has 1 amide bonds. The van der Waals surface area contributed by atoms with Crippen LogP contribution in [0.25, 0.3) is 0 Å². The molecule has 0 heterocycles. The Morgan fingerprint density at radius 3 is 2.24 bits per heavy atom. The highest BCUT2D eigenvalue weighted by molar-refractivity contribution is 5.86. The third kappa shape index (κ3) is 4.11. The number of hydrogen-bond acceptors (Lipinski definition) is 4. The van der Waals surface area contributed by atoms with Crippen molar-refractivity contribution < 1.29 is 32.2 Å². The van der Waals surface area contributed by atoms with Gasteiger partial charge in [0.1, 0.15) is 6.61 Å². The van der Waals surface area contributed by atoms with Gasteiger partial charge in [-0.05, 0) is 12.5 Å². The second-order valence-electron chi connectivity index (χ2n) is 4.30. The van der Waals surface area contributed by atoms with E-state index in [4.69, 9.17) is 0 Å². The Morgan fingerprint density at radius 1 is 1.19 bits per heavy atom. The minimum absolute atomic E-state index is 0.220. The standard InChI is InChI=1S/C13H14F3NO4/c1-12(10(18)20-2,13(14,15)16)17-11(19)21-8-9-6-4-3-5-7-9/h3-7H,8H2,1-2H3,(H,17,19)/t12-/m1/s1. The van der Waals surface area contributed by atoms with Crippen LogP contribution < -0.4 is 5.32 Å². The summed E-state index contributed by atoms with van der Waals surface area (Å²) in [5.41, 5.74) is -2.57. The number of alkyl carbamates (subject to hydrolysis) is 1.